The molecule has 0 aromatic heterocycles. The third-order valence-electron chi connectivity index (χ3n) is 3.11. The summed E-state index contributed by atoms with van der Waals surface area (Å²) < 4.78 is 11.2. The number of benzene rings is 2. The van der Waals surface area contributed by atoms with E-state index >= 15 is 0 Å². The molecule has 1 N–H and O–H groups in total. The van der Waals surface area contributed by atoms with Crippen LogP contribution >= 0.6 is 0 Å². The minimum atomic E-state index is -0.623. The third-order valence-corrected chi connectivity index (χ3v) is 3.11. The van der Waals surface area contributed by atoms with E-state index in [4.69, 9.17) is 9.47 Å². The van der Waals surface area contributed by atoms with Crippen molar-refractivity contribution in [2.45, 2.75) is 26.9 Å². The number of ether oxygens (including phenoxy) is 2. The summed E-state index contributed by atoms with van der Waals surface area (Å²) >= 11 is 0. The Morgan fingerprint density at radius 3 is 2.55 bits per heavy atom. The molecule has 2 rings (SSSR count). The molecule has 116 valence electrons. The van der Waals surface area contributed by atoms with E-state index in [1.807, 2.05) is 56.3 Å². The first-order valence-electron chi connectivity index (χ1n) is 7.36. The van der Waals surface area contributed by atoms with Gasteiger partial charge in [0.25, 0.3) is 5.91 Å². The van der Waals surface area contributed by atoms with Crippen LogP contribution in [0.1, 0.15) is 19.4 Å². The van der Waals surface area contributed by atoms with Gasteiger partial charge in [0.2, 0.25) is 0 Å². The highest BCUT2D eigenvalue weighted by atomic mass is 16.5. The van der Waals surface area contributed by atoms with Gasteiger partial charge < -0.3 is 14.8 Å². The van der Waals surface area contributed by atoms with E-state index in [0.717, 1.165) is 11.3 Å². The van der Waals surface area contributed by atoms with Crippen molar-refractivity contribution in [3.63, 3.8) is 0 Å². The average molecular weight is 299 g/mol. The number of rotatable bonds is 6. The van der Waals surface area contributed by atoms with Crippen molar-refractivity contribution in [2.24, 2.45) is 0 Å². The lowest BCUT2D eigenvalue weighted by Gasteiger charge is -2.17. The Morgan fingerprint density at radius 2 is 1.86 bits per heavy atom. The molecule has 0 radical (unpaired) electrons. The maximum absolute atomic E-state index is 12.2. The van der Waals surface area contributed by atoms with Crippen LogP contribution in [0.5, 0.6) is 11.5 Å². The molecular weight excluding hydrogens is 278 g/mol. The summed E-state index contributed by atoms with van der Waals surface area (Å²) in [7, 11) is 0. The van der Waals surface area contributed by atoms with Gasteiger partial charge >= 0.3 is 0 Å². The topological polar surface area (TPSA) is 47.6 Å². The van der Waals surface area contributed by atoms with E-state index in [1.165, 1.54) is 0 Å². The lowest BCUT2D eigenvalue weighted by molar-refractivity contribution is -0.122. The van der Waals surface area contributed by atoms with Gasteiger partial charge in [-0.25, -0.2) is 0 Å². The smallest absolute Gasteiger partial charge is 0.265 e. The Morgan fingerprint density at radius 1 is 1.14 bits per heavy atom. The fourth-order valence-corrected chi connectivity index (χ4v) is 2.03. The predicted octanol–water partition coefficient (Wildman–Crippen LogP) is 3.80. The van der Waals surface area contributed by atoms with E-state index in [2.05, 4.69) is 5.32 Å². The molecule has 0 aliphatic rings. The molecule has 2 aromatic rings. The Hall–Kier alpha value is -2.49. The van der Waals surface area contributed by atoms with Crippen LogP contribution in [0.2, 0.25) is 0 Å². The normalized spacial score (nSPS) is 11.6. The number of anilines is 1. The van der Waals surface area contributed by atoms with Gasteiger partial charge in [0.05, 0.1) is 6.61 Å². The number of carbonyl (C=O) groups excluding carboxylic acids is 1. The fourth-order valence-electron chi connectivity index (χ4n) is 2.03. The van der Waals surface area contributed by atoms with Crippen LogP contribution in [-0.4, -0.2) is 18.6 Å². The van der Waals surface area contributed by atoms with E-state index in [1.54, 1.807) is 13.0 Å². The minimum absolute atomic E-state index is 0.197. The van der Waals surface area contributed by atoms with Crippen LogP contribution in [0.4, 0.5) is 5.69 Å². The number of nitrogens with one attached hydrogen (secondary N) is 1. The molecule has 4 nitrogen and oxygen atoms in total. The van der Waals surface area contributed by atoms with E-state index in [-0.39, 0.29) is 5.91 Å². The first-order chi connectivity index (χ1) is 10.6. The zero-order valence-electron chi connectivity index (χ0n) is 13.1. The summed E-state index contributed by atoms with van der Waals surface area (Å²) in [6.45, 7) is 6.15. The van der Waals surface area contributed by atoms with Crippen molar-refractivity contribution >= 4 is 11.6 Å². The number of aryl methyl sites for hydroxylation is 1. The van der Waals surface area contributed by atoms with E-state index in [9.17, 15) is 4.79 Å². The molecule has 1 amide bonds. The highest BCUT2D eigenvalue weighted by Crippen LogP contribution is 2.27. The Labute approximate surface area is 131 Å². The van der Waals surface area contributed by atoms with Crippen LogP contribution in [0.25, 0.3) is 0 Å². The maximum atomic E-state index is 12.2. The van der Waals surface area contributed by atoms with Gasteiger partial charge in [-0.2, -0.15) is 0 Å². The molecule has 0 bridgehead atoms. The molecule has 0 fully saturated rings. The third kappa shape index (κ3) is 4.25. The molecule has 4 heteroatoms. The van der Waals surface area contributed by atoms with Crippen LogP contribution < -0.4 is 14.8 Å². The van der Waals surface area contributed by atoms with Gasteiger partial charge in [0.1, 0.15) is 0 Å². The molecule has 0 spiro atoms. The summed E-state index contributed by atoms with van der Waals surface area (Å²) in [5.74, 6) is 1.01. The molecule has 1 atom stereocenters. The van der Waals surface area contributed by atoms with Gasteiger partial charge in [-0.1, -0.05) is 24.3 Å². The van der Waals surface area contributed by atoms with Crippen molar-refractivity contribution in [1.29, 1.82) is 0 Å². The SMILES string of the molecule is CCOc1ccccc1O[C@H](C)C(=O)Nc1cccc(C)c1. The largest absolute Gasteiger partial charge is 0.490 e. The van der Waals surface area contributed by atoms with Crippen LogP contribution in [-0.2, 0) is 4.79 Å². The highest BCUT2D eigenvalue weighted by Gasteiger charge is 2.17. The molecular formula is C18H21NO3. The van der Waals surface area contributed by atoms with Gasteiger partial charge in [-0.05, 0) is 50.6 Å². The lowest BCUT2D eigenvalue weighted by Crippen LogP contribution is -2.30. The van der Waals surface area contributed by atoms with Gasteiger partial charge in [-0.15, -0.1) is 0 Å². The summed E-state index contributed by atoms with van der Waals surface area (Å²) in [6, 6.07) is 15.0. The Kier molecular flexibility index (Phi) is 5.42. The van der Waals surface area contributed by atoms with Crippen molar-refractivity contribution < 1.29 is 14.3 Å². The van der Waals surface area contributed by atoms with Crippen LogP contribution in [0, 0.1) is 6.92 Å². The number of hydrogen-bond acceptors (Lipinski definition) is 3. The molecule has 0 heterocycles. The molecule has 0 aliphatic heterocycles. The van der Waals surface area contributed by atoms with Crippen molar-refractivity contribution in [1.82, 2.24) is 0 Å². The molecule has 0 aliphatic carbocycles. The average Bonchev–Trinajstić information content (AvgIpc) is 2.49. The van der Waals surface area contributed by atoms with Gasteiger partial charge in [0.15, 0.2) is 17.6 Å². The zero-order chi connectivity index (χ0) is 15.9. The van der Waals surface area contributed by atoms with Crippen LogP contribution in [0.15, 0.2) is 48.5 Å². The summed E-state index contributed by atoms with van der Waals surface area (Å²) in [6.07, 6.45) is -0.623. The quantitative estimate of drug-likeness (QED) is 0.882. The standard InChI is InChI=1S/C18H21NO3/c1-4-21-16-10-5-6-11-17(16)22-14(3)18(20)19-15-9-7-8-13(2)12-15/h5-12,14H,4H2,1-3H3,(H,19,20)/t14-/m1/s1. The highest BCUT2D eigenvalue weighted by molar-refractivity contribution is 5.94. The number of carbonyl (C=O) groups is 1. The molecule has 2 aromatic carbocycles. The van der Waals surface area contributed by atoms with E-state index in [0.29, 0.717) is 18.1 Å². The minimum Gasteiger partial charge on any atom is -0.490 e. The number of hydrogen-bond donors (Lipinski definition) is 1. The zero-order valence-corrected chi connectivity index (χ0v) is 13.1. The monoisotopic (exact) mass is 299 g/mol. The number of para-hydroxylation sites is 2. The van der Waals surface area contributed by atoms with Crippen molar-refractivity contribution in [3.05, 3.63) is 54.1 Å². The first-order valence-corrected chi connectivity index (χ1v) is 7.36. The first kappa shape index (κ1) is 15.9. The van der Waals surface area contributed by atoms with Crippen molar-refractivity contribution in [3.8, 4) is 11.5 Å². The second-order valence-electron chi connectivity index (χ2n) is 5.00. The lowest BCUT2D eigenvalue weighted by atomic mass is 10.2. The molecule has 0 unspecified atom stereocenters. The molecule has 0 saturated heterocycles. The predicted molar refractivity (Wildman–Crippen MR) is 87.5 cm³/mol. The summed E-state index contributed by atoms with van der Waals surface area (Å²) in [5, 5.41) is 2.85. The second kappa shape index (κ2) is 7.50. The van der Waals surface area contributed by atoms with Gasteiger partial charge in [0, 0.05) is 5.69 Å². The fraction of sp³-hybridized carbons (Fsp3) is 0.278. The number of amides is 1. The maximum Gasteiger partial charge on any atom is 0.265 e. The van der Waals surface area contributed by atoms with Crippen molar-refractivity contribution in [2.75, 3.05) is 11.9 Å². The molecule has 22 heavy (non-hydrogen) atoms. The Bertz CT molecular complexity index is 640. The molecule has 0 saturated carbocycles. The van der Waals surface area contributed by atoms with Gasteiger partial charge in [-0.3, -0.25) is 4.79 Å². The summed E-state index contributed by atoms with van der Waals surface area (Å²) in [4.78, 5) is 12.2. The van der Waals surface area contributed by atoms with Crippen LogP contribution in [0.3, 0.4) is 0 Å². The Balaban J connectivity index is 2.02. The van der Waals surface area contributed by atoms with E-state index < -0.39 is 6.10 Å². The second-order valence-corrected chi connectivity index (χ2v) is 5.00. The summed E-state index contributed by atoms with van der Waals surface area (Å²) in [5.41, 5.74) is 1.85.